The van der Waals surface area contributed by atoms with Crippen LogP contribution in [-0.2, 0) is 0 Å². The summed E-state index contributed by atoms with van der Waals surface area (Å²) in [6.45, 7) is 1.66. The van der Waals surface area contributed by atoms with Crippen LogP contribution in [0.5, 0.6) is 0 Å². The molecule has 0 aliphatic heterocycles. The zero-order valence-corrected chi connectivity index (χ0v) is 10.9. The molecule has 2 aromatic rings. The number of aryl methyl sites for hydroxylation is 1. The fourth-order valence-electron chi connectivity index (χ4n) is 1.40. The molecule has 1 aromatic heterocycles. The zero-order chi connectivity index (χ0) is 13.3. The first-order chi connectivity index (χ1) is 8.47. The lowest BCUT2D eigenvalue weighted by Gasteiger charge is -2.05. The molecule has 0 aliphatic rings. The third-order valence-corrected chi connectivity index (χ3v) is 3.42. The number of rotatable bonds is 2. The number of thiazole rings is 1. The molecule has 0 radical (unpaired) electrons. The molecule has 18 heavy (non-hydrogen) atoms. The van der Waals surface area contributed by atoms with Crippen molar-refractivity contribution in [1.82, 2.24) is 4.98 Å². The number of hydrogen-bond acceptors (Lipinski definition) is 4. The van der Waals surface area contributed by atoms with Crippen LogP contribution in [0.25, 0.3) is 0 Å². The van der Waals surface area contributed by atoms with Crippen molar-refractivity contribution in [3.8, 4) is 0 Å². The number of anilines is 2. The van der Waals surface area contributed by atoms with Gasteiger partial charge in [-0.3, -0.25) is 4.79 Å². The van der Waals surface area contributed by atoms with Gasteiger partial charge in [0.25, 0.3) is 5.91 Å². The smallest absolute Gasteiger partial charge is 0.267 e. The van der Waals surface area contributed by atoms with E-state index in [-0.39, 0.29) is 5.69 Å². The number of nitrogens with zero attached hydrogens (tertiary/aromatic N) is 1. The Hall–Kier alpha value is -1.66. The van der Waals surface area contributed by atoms with Gasteiger partial charge in [-0.15, -0.1) is 0 Å². The third-order valence-electron chi connectivity index (χ3n) is 2.20. The number of nitrogens with two attached hydrogens (primary N) is 1. The minimum Gasteiger partial charge on any atom is -0.375 e. The van der Waals surface area contributed by atoms with Gasteiger partial charge in [-0.1, -0.05) is 22.9 Å². The van der Waals surface area contributed by atoms with Gasteiger partial charge in [0.2, 0.25) is 0 Å². The SMILES string of the molecule is Cc1nc(N)sc1C(=O)Nc1cc(Cl)ccc1F. The highest BCUT2D eigenvalue weighted by Crippen LogP contribution is 2.23. The molecule has 0 spiro atoms. The molecule has 0 aliphatic carbocycles. The average molecular weight is 286 g/mol. The molecule has 1 amide bonds. The average Bonchev–Trinajstić information content (AvgIpc) is 2.63. The maximum atomic E-state index is 13.4. The summed E-state index contributed by atoms with van der Waals surface area (Å²) in [6, 6.07) is 3.93. The van der Waals surface area contributed by atoms with Gasteiger partial charge >= 0.3 is 0 Å². The predicted molar refractivity (Wildman–Crippen MR) is 70.6 cm³/mol. The van der Waals surface area contributed by atoms with Gasteiger partial charge in [-0.25, -0.2) is 9.37 Å². The molecular weight excluding hydrogens is 277 g/mol. The predicted octanol–water partition coefficient (Wildman–Crippen LogP) is 3.08. The lowest BCUT2D eigenvalue weighted by Crippen LogP contribution is -2.12. The van der Waals surface area contributed by atoms with Crippen molar-refractivity contribution in [1.29, 1.82) is 0 Å². The number of hydrogen-bond donors (Lipinski definition) is 2. The van der Waals surface area contributed by atoms with Crippen molar-refractivity contribution in [3.05, 3.63) is 39.6 Å². The Morgan fingerprint density at radius 1 is 1.56 bits per heavy atom. The van der Waals surface area contributed by atoms with E-state index in [2.05, 4.69) is 10.3 Å². The molecule has 1 aromatic carbocycles. The summed E-state index contributed by atoms with van der Waals surface area (Å²) in [6.07, 6.45) is 0. The second kappa shape index (κ2) is 4.91. The summed E-state index contributed by atoms with van der Waals surface area (Å²) < 4.78 is 13.4. The molecule has 1 heterocycles. The van der Waals surface area contributed by atoms with Gasteiger partial charge in [0, 0.05) is 5.02 Å². The van der Waals surface area contributed by atoms with Gasteiger partial charge in [-0.2, -0.15) is 0 Å². The summed E-state index contributed by atoms with van der Waals surface area (Å²) in [7, 11) is 0. The van der Waals surface area contributed by atoms with Gasteiger partial charge in [-0.05, 0) is 25.1 Å². The molecule has 3 N–H and O–H groups in total. The highest BCUT2D eigenvalue weighted by atomic mass is 35.5. The Balaban J connectivity index is 2.26. The van der Waals surface area contributed by atoms with Crippen molar-refractivity contribution < 1.29 is 9.18 Å². The molecule has 0 saturated carbocycles. The minimum atomic E-state index is -0.553. The van der Waals surface area contributed by atoms with Crippen LogP contribution in [-0.4, -0.2) is 10.9 Å². The quantitative estimate of drug-likeness (QED) is 0.891. The van der Waals surface area contributed by atoms with Crippen LogP contribution >= 0.6 is 22.9 Å². The molecule has 94 valence electrons. The van der Waals surface area contributed by atoms with Crippen LogP contribution in [0.4, 0.5) is 15.2 Å². The second-order valence-electron chi connectivity index (χ2n) is 3.54. The maximum absolute atomic E-state index is 13.4. The molecule has 0 fully saturated rings. The van der Waals surface area contributed by atoms with Gasteiger partial charge < -0.3 is 11.1 Å². The highest BCUT2D eigenvalue weighted by molar-refractivity contribution is 7.17. The summed E-state index contributed by atoms with van der Waals surface area (Å²) in [4.78, 5) is 16.2. The number of aromatic nitrogens is 1. The fraction of sp³-hybridized carbons (Fsp3) is 0.0909. The van der Waals surface area contributed by atoms with Crippen LogP contribution in [0.2, 0.25) is 5.02 Å². The summed E-state index contributed by atoms with van der Waals surface area (Å²) in [5.41, 5.74) is 6.04. The van der Waals surface area contributed by atoms with Gasteiger partial charge in [0.1, 0.15) is 10.7 Å². The molecule has 0 saturated heterocycles. The summed E-state index contributed by atoms with van der Waals surface area (Å²) >= 11 is 6.78. The lowest BCUT2D eigenvalue weighted by molar-refractivity contribution is 0.102. The highest BCUT2D eigenvalue weighted by Gasteiger charge is 2.15. The first kappa shape index (κ1) is 12.8. The second-order valence-corrected chi connectivity index (χ2v) is 5.01. The number of carbonyl (C=O) groups is 1. The first-order valence-corrected chi connectivity index (χ1v) is 6.16. The van der Waals surface area contributed by atoms with E-state index in [9.17, 15) is 9.18 Å². The monoisotopic (exact) mass is 285 g/mol. The lowest BCUT2D eigenvalue weighted by atomic mass is 10.3. The Morgan fingerprint density at radius 3 is 2.89 bits per heavy atom. The molecule has 7 heteroatoms. The fourth-order valence-corrected chi connectivity index (χ4v) is 2.30. The zero-order valence-electron chi connectivity index (χ0n) is 9.33. The number of carbonyl (C=O) groups excluding carboxylic acids is 1. The van der Waals surface area contributed by atoms with Crippen LogP contribution in [0.3, 0.4) is 0 Å². The molecule has 4 nitrogen and oxygen atoms in total. The van der Waals surface area contributed by atoms with Crippen molar-refractivity contribution >= 4 is 39.7 Å². The Morgan fingerprint density at radius 2 is 2.28 bits per heavy atom. The molecule has 0 bridgehead atoms. The minimum absolute atomic E-state index is 0.0267. The van der Waals surface area contributed by atoms with Crippen LogP contribution in [0.15, 0.2) is 18.2 Å². The maximum Gasteiger partial charge on any atom is 0.267 e. The topological polar surface area (TPSA) is 68.0 Å². The van der Waals surface area contributed by atoms with Crippen molar-refractivity contribution in [3.63, 3.8) is 0 Å². The van der Waals surface area contributed by atoms with Crippen molar-refractivity contribution in [2.24, 2.45) is 0 Å². The number of benzene rings is 1. The summed E-state index contributed by atoms with van der Waals surface area (Å²) in [5, 5.41) is 3.07. The van der Waals surface area contributed by atoms with E-state index < -0.39 is 11.7 Å². The van der Waals surface area contributed by atoms with Crippen LogP contribution < -0.4 is 11.1 Å². The molecular formula is C11H9ClFN3OS. The number of nitrogens with one attached hydrogen (secondary N) is 1. The molecule has 0 unspecified atom stereocenters. The third kappa shape index (κ3) is 2.60. The first-order valence-electron chi connectivity index (χ1n) is 4.96. The van der Waals surface area contributed by atoms with Gasteiger partial charge in [0.05, 0.1) is 11.4 Å². The number of amides is 1. The van der Waals surface area contributed by atoms with E-state index in [0.29, 0.717) is 20.7 Å². The van der Waals surface area contributed by atoms with Gasteiger partial charge in [0.15, 0.2) is 5.13 Å². The van der Waals surface area contributed by atoms with Crippen molar-refractivity contribution in [2.45, 2.75) is 6.92 Å². The molecule has 0 atom stereocenters. The Labute approximate surface area is 112 Å². The van der Waals surface area contributed by atoms with Crippen LogP contribution in [0.1, 0.15) is 15.4 Å². The normalized spacial score (nSPS) is 10.4. The van der Waals surface area contributed by atoms with E-state index in [1.54, 1.807) is 6.92 Å². The van der Waals surface area contributed by atoms with Crippen LogP contribution in [0, 0.1) is 12.7 Å². The van der Waals surface area contributed by atoms with E-state index in [4.69, 9.17) is 17.3 Å². The van der Waals surface area contributed by atoms with E-state index >= 15 is 0 Å². The molecule has 2 rings (SSSR count). The standard InChI is InChI=1S/C11H9ClFN3OS/c1-5-9(18-11(14)15-5)10(17)16-8-4-6(12)2-3-7(8)13/h2-4H,1H3,(H2,14,15)(H,16,17). The van der Waals surface area contributed by atoms with Crippen molar-refractivity contribution in [2.75, 3.05) is 11.1 Å². The van der Waals surface area contributed by atoms with E-state index in [1.807, 2.05) is 0 Å². The largest absolute Gasteiger partial charge is 0.375 e. The van der Waals surface area contributed by atoms with E-state index in [1.165, 1.54) is 18.2 Å². The Bertz CT molecular complexity index is 614. The Kier molecular flexibility index (Phi) is 3.49. The summed E-state index contributed by atoms with van der Waals surface area (Å²) in [5.74, 6) is -1.01. The number of nitrogen functional groups attached to an aromatic ring is 1. The number of halogens is 2. The van der Waals surface area contributed by atoms with E-state index in [0.717, 1.165) is 11.3 Å².